The van der Waals surface area contributed by atoms with Gasteiger partial charge in [-0.3, -0.25) is 4.79 Å². The number of fused-ring (bicyclic) bond motifs is 3. The number of aliphatic hydroxyl groups is 1. The number of epoxide rings is 1. The second-order valence-electron chi connectivity index (χ2n) is 7.64. The molecule has 1 aromatic rings. The largest absolute Gasteiger partial charge is 0.377 e. The Morgan fingerprint density at radius 3 is 3.00 bits per heavy atom. The zero-order valence-electron chi connectivity index (χ0n) is 17.6. The summed E-state index contributed by atoms with van der Waals surface area (Å²) in [5, 5.41) is 19.3. The lowest BCUT2D eigenvalue weighted by atomic mass is 9.96. The third kappa shape index (κ3) is 4.49. The Labute approximate surface area is 177 Å². The van der Waals surface area contributed by atoms with E-state index in [1.807, 2.05) is 37.1 Å². The molecule has 2 N–H and O–H groups in total. The second-order valence-corrected chi connectivity index (χ2v) is 7.64. The second kappa shape index (κ2) is 8.89. The average molecular weight is 409 g/mol. The number of aromatic amines is 1. The summed E-state index contributed by atoms with van der Waals surface area (Å²) in [4.78, 5) is 18.3. The number of allylic oxidation sites excluding steroid dienone is 1. The van der Waals surface area contributed by atoms with Crippen molar-refractivity contribution in [3.05, 3.63) is 41.4 Å². The molecule has 2 aliphatic heterocycles. The maximum absolute atomic E-state index is 12.9. The van der Waals surface area contributed by atoms with Crippen molar-refractivity contribution >= 4 is 11.4 Å². The Kier molecular flexibility index (Phi) is 6.48. The number of rotatable bonds is 8. The molecule has 0 aromatic carbocycles. The molecule has 3 unspecified atom stereocenters. The van der Waals surface area contributed by atoms with E-state index in [1.165, 1.54) is 6.92 Å². The highest BCUT2D eigenvalue weighted by Crippen LogP contribution is 2.48. The van der Waals surface area contributed by atoms with E-state index in [0.29, 0.717) is 29.9 Å². The van der Waals surface area contributed by atoms with Crippen LogP contribution in [0.3, 0.4) is 0 Å². The third-order valence-corrected chi connectivity index (χ3v) is 5.06. The molecule has 7 nitrogen and oxygen atoms in total. The molecule has 1 aromatic heterocycles. The highest BCUT2D eigenvalue weighted by Gasteiger charge is 2.49. The molecule has 30 heavy (non-hydrogen) atoms. The van der Waals surface area contributed by atoms with Gasteiger partial charge in [-0.2, -0.15) is 5.26 Å². The van der Waals surface area contributed by atoms with E-state index in [-0.39, 0.29) is 31.1 Å². The number of ether oxygens (including phenoxy) is 2. The number of nitriles is 1. The fraction of sp³-hybridized carbons (Fsp3) is 0.478. The van der Waals surface area contributed by atoms with Crippen LogP contribution in [0.4, 0.5) is 0 Å². The molecule has 0 bridgehead atoms. The number of aryl methyl sites for hydroxylation is 1. The molecule has 0 spiro atoms. The van der Waals surface area contributed by atoms with Crippen molar-refractivity contribution in [1.29, 1.82) is 5.26 Å². The number of H-pyrrole nitrogens is 1. The van der Waals surface area contributed by atoms with Gasteiger partial charge in [0.15, 0.2) is 12.0 Å². The van der Waals surface area contributed by atoms with Gasteiger partial charge in [-0.15, -0.1) is 6.58 Å². The maximum atomic E-state index is 12.9. The molecule has 3 rings (SSSR count). The van der Waals surface area contributed by atoms with E-state index in [0.717, 1.165) is 17.8 Å². The van der Waals surface area contributed by atoms with Crippen molar-refractivity contribution in [2.24, 2.45) is 0 Å². The minimum atomic E-state index is -1.45. The van der Waals surface area contributed by atoms with Crippen LogP contribution < -0.4 is 0 Å². The molecule has 158 valence electrons. The first-order valence-corrected chi connectivity index (χ1v) is 10.0. The van der Waals surface area contributed by atoms with Gasteiger partial charge in [0, 0.05) is 36.2 Å². The lowest BCUT2D eigenvalue weighted by Gasteiger charge is -2.17. The van der Waals surface area contributed by atoms with Crippen LogP contribution in [-0.2, 0) is 9.47 Å². The molecule has 1 fully saturated rings. The van der Waals surface area contributed by atoms with Crippen molar-refractivity contribution < 1.29 is 19.4 Å². The molecule has 3 heterocycles. The maximum Gasteiger partial charge on any atom is 0.190 e. The van der Waals surface area contributed by atoms with Gasteiger partial charge in [-0.1, -0.05) is 17.9 Å². The van der Waals surface area contributed by atoms with Crippen LogP contribution in [-0.4, -0.2) is 52.4 Å². The summed E-state index contributed by atoms with van der Waals surface area (Å²) in [5.41, 5.74) is 1.90. The van der Waals surface area contributed by atoms with Crippen LogP contribution in [0.5, 0.6) is 0 Å². The fourth-order valence-corrected chi connectivity index (χ4v) is 3.56. The molecule has 3 atom stereocenters. The van der Waals surface area contributed by atoms with Gasteiger partial charge in [-0.05, 0) is 27.2 Å². The van der Waals surface area contributed by atoms with Gasteiger partial charge in [-0.25, -0.2) is 0 Å². The first kappa shape index (κ1) is 21.9. The number of ketones is 1. The Balaban J connectivity index is 2.10. The summed E-state index contributed by atoms with van der Waals surface area (Å²) in [7, 11) is 0. The number of nitrogens with zero attached hydrogens (tertiary/aromatic N) is 2. The van der Waals surface area contributed by atoms with Gasteiger partial charge in [0.2, 0.25) is 0 Å². The number of Topliss-reactive ketones (excluding diaryl/α,β-unsaturated/α-hetero) is 1. The van der Waals surface area contributed by atoms with Crippen LogP contribution in [0.1, 0.15) is 60.1 Å². The summed E-state index contributed by atoms with van der Waals surface area (Å²) < 4.78 is 11.2. The van der Waals surface area contributed by atoms with Crippen molar-refractivity contribution in [3.8, 4) is 17.9 Å². The molecular formula is C23H27N3O4. The van der Waals surface area contributed by atoms with E-state index >= 15 is 0 Å². The van der Waals surface area contributed by atoms with E-state index in [2.05, 4.69) is 23.4 Å². The number of aromatic nitrogens is 1. The number of hydrogen-bond donors (Lipinski definition) is 2. The first-order valence-electron chi connectivity index (χ1n) is 10.0. The Hall–Kier alpha value is -2.84. The topological polar surface area (TPSA) is 102 Å². The molecule has 7 heteroatoms. The lowest BCUT2D eigenvalue weighted by Crippen LogP contribution is -2.22. The highest BCUT2D eigenvalue weighted by atomic mass is 16.6. The minimum Gasteiger partial charge on any atom is -0.377 e. The van der Waals surface area contributed by atoms with Gasteiger partial charge in [0.05, 0.1) is 23.8 Å². The first-order chi connectivity index (χ1) is 14.3. The summed E-state index contributed by atoms with van der Waals surface area (Å²) in [6.45, 7) is 10.1. The van der Waals surface area contributed by atoms with Gasteiger partial charge >= 0.3 is 0 Å². The summed E-state index contributed by atoms with van der Waals surface area (Å²) in [6.07, 6.45) is 4.03. The Morgan fingerprint density at radius 2 is 2.33 bits per heavy atom. The van der Waals surface area contributed by atoms with Crippen molar-refractivity contribution in [3.63, 3.8) is 0 Å². The van der Waals surface area contributed by atoms with Crippen LogP contribution in [0, 0.1) is 30.1 Å². The van der Waals surface area contributed by atoms with E-state index in [9.17, 15) is 9.90 Å². The Bertz CT molecular complexity index is 971. The van der Waals surface area contributed by atoms with Crippen molar-refractivity contribution in [2.75, 3.05) is 19.8 Å². The quantitative estimate of drug-likeness (QED) is 0.296. The zero-order chi connectivity index (χ0) is 21.9. The van der Waals surface area contributed by atoms with E-state index in [4.69, 9.17) is 14.7 Å². The van der Waals surface area contributed by atoms with Crippen LogP contribution in [0.2, 0.25) is 0 Å². The standard InChI is InChI=1S/C23H27N3O4/c1-5-7-12-26-13-16(8-9-23(4,28)10-11-24)19-18(17(27)14-29-6-2)15(3)25-20(19)21-22(26)30-21/h5,13,21-22,25,28H,1,6-7,10,12,14H2,2-4H3. The van der Waals surface area contributed by atoms with Crippen molar-refractivity contribution in [1.82, 2.24) is 9.88 Å². The van der Waals surface area contributed by atoms with Gasteiger partial charge in [0.1, 0.15) is 18.3 Å². The van der Waals surface area contributed by atoms with Crippen LogP contribution >= 0.6 is 0 Å². The highest BCUT2D eigenvalue weighted by molar-refractivity contribution is 6.05. The number of carbonyl (C=O) groups excluding carboxylic acids is 1. The third-order valence-electron chi connectivity index (χ3n) is 5.06. The molecule has 2 aliphatic rings. The van der Waals surface area contributed by atoms with Crippen molar-refractivity contribution in [2.45, 2.75) is 51.5 Å². The van der Waals surface area contributed by atoms with Gasteiger partial charge < -0.3 is 24.5 Å². The minimum absolute atomic E-state index is 0.0242. The monoisotopic (exact) mass is 409 g/mol. The molecular weight excluding hydrogens is 382 g/mol. The predicted molar refractivity (Wildman–Crippen MR) is 112 cm³/mol. The molecule has 0 aliphatic carbocycles. The molecule has 0 saturated carbocycles. The molecule has 0 amide bonds. The summed E-state index contributed by atoms with van der Waals surface area (Å²) in [6, 6.07) is 1.94. The van der Waals surface area contributed by atoms with Crippen LogP contribution in [0.15, 0.2) is 18.9 Å². The number of nitrogens with one attached hydrogen (secondary N) is 1. The average Bonchev–Trinajstić information content (AvgIpc) is 3.42. The molecule has 0 radical (unpaired) electrons. The van der Waals surface area contributed by atoms with Crippen LogP contribution in [0.25, 0.3) is 5.57 Å². The lowest BCUT2D eigenvalue weighted by molar-refractivity contribution is 0.0782. The molecule has 1 saturated heterocycles. The summed E-state index contributed by atoms with van der Waals surface area (Å²) in [5.74, 6) is 5.68. The fourth-order valence-electron chi connectivity index (χ4n) is 3.56. The number of carbonyl (C=O) groups is 1. The summed E-state index contributed by atoms with van der Waals surface area (Å²) >= 11 is 0. The normalized spacial score (nSPS) is 21.0. The zero-order valence-corrected chi connectivity index (χ0v) is 17.6. The number of hydrogen-bond acceptors (Lipinski definition) is 6. The Morgan fingerprint density at radius 1 is 1.57 bits per heavy atom. The van der Waals surface area contributed by atoms with E-state index in [1.54, 1.807) is 0 Å². The van der Waals surface area contributed by atoms with E-state index < -0.39 is 5.60 Å². The predicted octanol–water partition coefficient (Wildman–Crippen LogP) is 2.84. The SMILES string of the molecule is C=CCCN1C=C(C#CC(C)(O)CC#N)c2c([nH]c(C)c2C(=O)COCC)C2OC21. The smallest absolute Gasteiger partial charge is 0.190 e. The van der Waals surface area contributed by atoms with Gasteiger partial charge in [0.25, 0.3) is 0 Å².